The normalized spacial score (nSPS) is 10.1. The van der Waals surface area contributed by atoms with Crippen molar-refractivity contribution >= 4 is 51.2 Å². The molecule has 16 heavy (non-hydrogen) atoms. The first-order chi connectivity index (χ1) is 7.66. The summed E-state index contributed by atoms with van der Waals surface area (Å²) in [5, 5.41) is 4.61. The van der Waals surface area contributed by atoms with Gasteiger partial charge in [0, 0.05) is 5.38 Å². The predicted octanol–water partition coefficient (Wildman–Crippen LogP) is 3.19. The number of nitrogen functional groups attached to an aromatic ring is 1. The molecule has 3 nitrogen and oxygen atoms in total. The third-order valence-electron chi connectivity index (χ3n) is 2.04. The lowest BCUT2D eigenvalue weighted by Gasteiger charge is -2.06. The first-order valence-corrected chi connectivity index (χ1v) is 6.52. The van der Waals surface area contributed by atoms with E-state index in [1.165, 1.54) is 0 Å². The fourth-order valence-electron chi connectivity index (χ4n) is 1.23. The first kappa shape index (κ1) is 11.4. The molecule has 1 amide bonds. The van der Waals surface area contributed by atoms with Gasteiger partial charge in [-0.25, -0.2) is 0 Å². The highest BCUT2D eigenvalue weighted by Gasteiger charge is 2.09. The van der Waals surface area contributed by atoms with Crippen molar-refractivity contribution in [3.05, 3.63) is 44.2 Å². The average Bonchev–Trinajstić information content (AvgIpc) is 2.68. The zero-order valence-corrected chi connectivity index (χ0v) is 11.2. The van der Waals surface area contributed by atoms with Gasteiger partial charge in [-0.1, -0.05) is 12.1 Å². The Labute approximate surface area is 111 Å². The van der Waals surface area contributed by atoms with Crippen molar-refractivity contribution in [2.24, 2.45) is 0 Å². The molecular weight excluding hydrogens is 335 g/mol. The van der Waals surface area contributed by atoms with E-state index in [-0.39, 0.29) is 5.91 Å². The Morgan fingerprint density at radius 3 is 2.75 bits per heavy atom. The molecule has 2 rings (SSSR count). The third-order valence-corrected chi connectivity index (χ3v) is 3.83. The van der Waals surface area contributed by atoms with Crippen LogP contribution in [0.15, 0.2) is 35.7 Å². The van der Waals surface area contributed by atoms with Gasteiger partial charge in [-0.3, -0.25) is 4.79 Å². The average molecular weight is 344 g/mol. The number of hydrogen-bond acceptors (Lipinski definition) is 3. The molecule has 2 aromatic rings. The zero-order chi connectivity index (χ0) is 11.5. The van der Waals surface area contributed by atoms with Crippen LogP contribution in [0.5, 0.6) is 0 Å². The Morgan fingerprint density at radius 2 is 2.12 bits per heavy atom. The molecule has 0 atom stereocenters. The summed E-state index contributed by atoms with van der Waals surface area (Å²) in [4.78, 5) is 11.8. The topological polar surface area (TPSA) is 55.1 Å². The van der Waals surface area contributed by atoms with Crippen LogP contribution in [0.25, 0.3) is 0 Å². The minimum atomic E-state index is -0.128. The Bertz CT molecular complexity index is 524. The van der Waals surface area contributed by atoms with Crippen LogP contribution in [0, 0.1) is 2.88 Å². The van der Waals surface area contributed by atoms with Gasteiger partial charge in [0.05, 0.1) is 19.8 Å². The maximum absolute atomic E-state index is 11.8. The van der Waals surface area contributed by atoms with Gasteiger partial charge >= 0.3 is 0 Å². The number of carbonyl (C=O) groups excluding carboxylic acids is 1. The maximum Gasteiger partial charge on any atom is 0.256 e. The smallest absolute Gasteiger partial charge is 0.256 e. The summed E-state index contributed by atoms with van der Waals surface area (Å²) in [6.07, 6.45) is 0. The van der Waals surface area contributed by atoms with Crippen LogP contribution in [0.3, 0.4) is 0 Å². The van der Waals surface area contributed by atoms with E-state index in [1.54, 1.807) is 23.5 Å². The van der Waals surface area contributed by atoms with E-state index in [9.17, 15) is 4.79 Å². The number of nitrogens with two attached hydrogens (primary N) is 1. The van der Waals surface area contributed by atoms with Crippen LogP contribution in [0.1, 0.15) is 10.4 Å². The molecule has 0 saturated heterocycles. The van der Waals surface area contributed by atoms with E-state index in [2.05, 4.69) is 27.9 Å². The lowest BCUT2D eigenvalue weighted by molar-refractivity contribution is 0.102. The van der Waals surface area contributed by atoms with E-state index >= 15 is 0 Å². The molecule has 0 bridgehead atoms. The summed E-state index contributed by atoms with van der Waals surface area (Å²) in [6, 6.07) is 9.05. The molecule has 1 aromatic heterocycles. The number of halogens is 1. The summed E-state index contributed by atoms with van der Waals surface area (Å²) < 4.78 is 1.09. The predicted molar refractivity (Wildman–Crippen MR) is 75.8 cm³/mol. The number of anilines is 2. The lowest BCUT2D eigenvalue weighted by atomic mass is 10.2. The molecule has 3 N–H and O–H groups in total. The molecule has 0 aliphatic carbocycles. The van der Waals surface area contributed by atoms with Crippen molar-refractivity contribution in [3.8, 4) is 0 Å². The molecule has 0 aliphatic rings. The highest BCUT2D eigenvalue weighted by Crippen LogP contribution is 2.20. The fourth-order valence-corrected chi connectivity index (χ4v) is 2.56. The highest BCUT2D eigenvalue weighted by molar-refractivity contribution is 14.1. The molecule has 82 valence electrons. The van der Waals surface area contributed by atoms with Gasteiger partial charge < -0.3 is 11.1 Å². The number of amides is 1. The Hall–Kier alpha value is -1.08. The number of rotatable bonds is 2. The second-order valence-corrected chi connectivity index (χ2v) is 5.99. The van der Waals surface area contributed by atoms with E-state index in [4.69, 9.17) is 5.73 Å². The molecule has 5 heteroatoms. The number of thiophene rings is 1. The van der Waals surface area contributed by atoms with Crippen molar-refractivity contribution in [2.75, 3.05) is 11.1 Å². The molecule has 1 aromatic carbocycles. The van der Waals surface area contributed by atoms with Gasteiger partial charge in [0.15, 0.2) is 0 Å². The Kier molecular flexibility index (Phi) is 3.45. The van der Waals surface area contributed by atoms with Crippen LogP contribution in [0.4, 0.5) is 11.4 Å². The summed E-state index contributed by atoms with van der Waals surface area (Å²) in [5.74, 6) is -0.128. The molecule has 0 saturated carbocycles. The Morgan fingerprint density at radius 1 is 1.38 bits per heavy atom. The summed E-state index contributed by atoms with van der Waals surface area (Å²) in [5.41, 5.74) is 7.62. The summed E-state index contributed by atoms with van der Waals surface area (Å²) >= 11 is 3.73. The second-order valence-electron chi connectivity index (χ2n) is 3.18. The monoisotopic (exact) mass is 344 g/mol. The number of para-hydroxylation sites is 2. The minimum absolute atomic E-state index is 0.128. The van der Waals surface area contributed by atoms with Crippen molar-refractivity contribution in [3.63, 3.8) is 0 Å². The van der Waals surface area contributed by atoms with E-state index in [0.717, 1.165) is 2.88 Å². The van der Waals surface area contributed by atoms with Gasteiger partial charge in [-0.05, 0) is 40.8 Å². The second kappa shape index (κ2) is 4.84. The van der Waals surface area contributed by atoms with Gasteiger partial charge in [-0.2, -0.15) is 0 Å². The lowest BCUT2D eigenvalue weighted by Crippen LogP contribution is -2.12. The number of hydrogen-bond donors (Lipinski definition) is 2. The van der Waals surface area contributed by atoms with Crippen molar-refractivity contribution < 1.29 is 4.79 Å². The minimum Gasteiger partial charge on any atom is -0.397 e. The quantitative estimate of drug-likeness (QED) is 0.649. The summed E-state index contributed by atoms with van der Waals surface area (Å²) in [6.45, 7) is 0. The molecule has 0 radical (unpaired) electrons. The Balaban J connectivity index is 2.17. The van der Waals surface area contributed by atoms with Gasteiger partial charge in [-0.15, -0.1) is 11.3 Å². The van der Waals surface area contributed by atoms with Crippen LogP contribution >= 0.6 is 33.9 Å². The summed E-state index contributed by atoms with van der Waals surface area (Å²) in [7, 11) is 0. The first-order valence-electron chi connectivity index (χ1n) is 4.56. The van der Waals surface area contributed by atoms with Crippen LogP contribution < -0.4 is 11.1 Å². The number of nitrogens with one attached hydrogen (secondary N) is 1. The molecule has 1 heterocycles. The fraction of sp³-hybridized carbons (Fsp3) is 0. The van der Waals surface area contributed by atoms with Crippen LogP contribution in [-0.2, 0) is 0 Å². The van der Waals surface area contributed by atoms with Crippen LogP contribution in [0.2, 0.25) is 0 Å². The number of carbonyl (C=O) groups is 1. The number of benzene rings is 1. The molecule has 0 aliphatic heterocycles. The van der Waals surface area contributed by atoms with Crippen molar-refractivity contribution in [2.45, 2.75) is 0 Å². The van der Waals surface area contributed by atoms with E-state index < -0.39 is 0 Å². The molecule has 0 spiro atoms. The maximum atomic E-state index is 11.8. The van der Waals surface area contributed by atoms with Crippen molar-refractivity contribution in [1.29, 1.82) is 0 Å². The molecule has 0 fully saturated rings. The van der Waals surface area contributed by atoms with Crippen LogP contribution in [-0.4, -0.2) is 5.91 Å². The molecular formula is C11H9IN2OS. The van der Waals surface area contributed by atoms with Crippen molar-refractivity contribution in [1.82, 2.24) is 0 Å². The molecule has 0 unspecified atom stereocenters. The van der Waals surface area contributed by atoms with Gasteiger partial charge in [0.1, 0.15) is 0 Å². The van der Waals surface area contributed by atoms with Gasteiger partial charge in [0.25, 0.3) is 5.91 Å². The third kappa shape index (κ3) is 2.53. The zero-order valence-electron chi connectivity index (χ0n) is 8.24. The van der Waals surface area contributed by atoms with E-state index in [0.29, 0.717) is 16.9 Å². The SMILES string of the molecule is Nc1ccccc1NC(=O)c1csc(I)c1. The largest absolute Gasteiger partial charge is 0.397 e. The standard InChI is InChI=1S/C11H9IN2OS/c12-10-5-7(6-16-10)11(15)14-9-4-2-1-3-8(9)13/h1-6H,13H2,(H,14,15). The van der Waals surface area contributed by atoms with Gasteiger partial charge in [0.2, 0.25) is 0 Å². The highest BCUT2D eigenvalue weighted by atomic mass is 127. The van der Waals surface area contributed by atoms with E-state index in [1.807, 2.05) is 23.6 Å².